The van der Waals surface area contributed by atoms with Crippen LogP contribution >= 0.6 is 11.5 Å². The molecule has 1 aliphatic rings. The van der Waals surface area contributed by atoms with Crippen LogP contribution in [0.5, 0.6) is 0 Å². The number of carbonyl (C=O) groups is 1. The van der Waals surface area contributed by atoms with E-state index in [1.165, 1.54) is 17.6 Å². The summed E-state index contributed by atoms with van der Waals surface area (Å²) in [6.07, 6.45) is 0.293. The van der Waals surface area contributed by atoms with Gasteiger partial charge in [0.15, 0.2) is 0 Å². The summed E-state index contributed by atoms with van der Waals surface area (Å²) in [5.74, 6) is 1.49. The van der Waals surface area contributed by atoms with E-state index in [-0.39, 0.29) is 22.6 Å². The van der Waals surface area contributed by atoms with E-state index in [4.69, 9.17) is 4.52 Å². The zero-order valence-electron chi connectivity index (χ0n) is 19.7. The number of piperazine rings is 1. The Morgan fingerprint density at radius 1 is 1.17 bits per heavy atom. The molecule has 11 nitrogen and oxygen atoms in total. The minimum Gasteiger partial charge on any atom is -0.343 e. The Balaban J connectivity index is 1.23. The van der Waals surface area contributed by atoms with Crippen molar-refractivity contribution in [2.24, 2.45) is 0 Å². The molecule has 0 aliphatic carbocycles. The molecule has 1 amide bonds. The van der Waals surface area contributed by atoms with Crippen molar-refractivity contribution >= 4 is 28.3 Å². The third-order valence-corrected chi connectivity index (χ3v) is 6.89. The van der Waals surface area contributed by atoms with Crippen molar-refractivity contribution in [1.29, 1.82) is 0 Å². The minimum absolute atomic E-state index is 0.0339. The normalized spacial score (nSPS) is 15.8. The number of hydrogen-bond acceptors (Lipinski definition) is 10. The molecule has 1 unspecified atom stereocenters. The first kappa shape index (κ1) is 23.5. The zero-order chi connectivity index (χ0) is 25.2. The van der Waals surface area contributed by atoms with E-state index in [0.717, 1.165) is 10.7 Å². The molecule has 0 saturated carbocycles. The summed E-state index contributed by atoms with van der Waals surface area (Å²) in [5.41, 5.74) is 2.03. The predicted octanol–water partition coefficient (Wildman–Crippen LogP) is 3.75. The van der Waals surface area contributed by atoms with Gasteiger partial charge in [0.1, 0.15) is 5.82 Å². The molecule has 2 aromatic carbocycles. The van der Waals surface area contributed by atoms with Crippen molar-refractivity contribution in [2.45, 2.75) is 26.3 Å². The van der Waals surface area contributed by atoms with Gasteiger partial charge in [-0.3, -0.25) is 14.9 Å². The molecule has 0 bridgehead atoms. The molecule has 1 atom stereocenters. The molecule has 1 fully saturated rings. The number of nitrogens with zero attached hydrogens (tertiary/aromatic N) is 7. The highest BCUT2D eigenvalue weighted by atomic mass is 32.1. The second-order valence-electron chi connectivity index (χ2n) is 8.56. The molecule has 3 heterocycles. The number of rotatable bonds is 6. The van der Waals surface area contributed by atoms with Gasteiger partial charge in [-0.2, -0.15) is 9.36 Å². The van der Waals surface area contributed by atoms with Crippen LogP contribution in [0.1, 0.15) is 34.6 Å². The smallest absolute Gasteiger partial charge is 0.273 e. The number of nitro benzene ring substituents is 1. The van der Waals surface area contributed by atoms with Gasteiger partial charge in [0.2, 0.25) is 16.8 Å². The molecule has 184 valence electrons. The van der Waals surface area contributed by atoms with E-state index in [1.54, 1.807) is 37.3 Å². The van der Waals surface area contributed by atoms with Gasteiger partial charge < -0.3 is 14.3 Å². The summed E-state index contributed by atoms with van der Waals surface area (Å²) >= 11 is 1.27. The molecule has 36 heavy (non-hydrogen) atoms. The fraction of sp³-hybridized carbons (Fsp3) is 0.292. The first-order valence-corrected chi connectivity index (χ1v) is 12.2. The highest BCUT2D eigenvalue weighted by molar-refractivity contribution is 7.09. The van der Waals surface area contributed by atoms with Crippen LogP contribution in [0.2, 0.25) is 0 Å². The second-order valence-corrected chi connectivity index (χ2v) is 9.29. The quantitative estimate of drug-likeness (QED) is 0.284. The van der Waals surface area contributed by atoms with Gasteiger partial charge in [-0.05, 0) is 19.1 Å². The van der Waals surface area contributed by atoms with Gasteiger partial charge in [0.25, 0.3) is 11.6 Å². The Morgan fingerprint density at radius 2 is 1.94 bits per heavy atom. The molecule has 4 aromatic rings. The lowest BCUT2D eigenvalue weighted by molar-refractivity contribution is -0.385. The first-order chi connectivity index (χ1) is 17.4. The van der Waals surface area contributed by atoms with E-state index in [9.17, 15) is 14.9 Å². The van der Waals surface area contributed by atoms with Crippen LogP contribution in [0.4, 0.5) is 10.8 Å². The lowest BCUT2D eigenvalue weighted by Gasteiger charge is -2.39. The fourth-order valence-electron chi connectivity index (χ4n) is 4.23. The molecule has 2 aromatic heterocycles. The molecule has 0 N–H and O–H groups in total. The van der Waals surface area contributed by atoms with E-state index in [1.807, 2.05) is 24.0 Å². The van der Waals surface area contributed by atoms with Gasteiger partial charge >= 0.3 is 0 Å². The maximum absolute atomic E-state index is 13.2. The third-order valence-electron chi connectivity index (χ3n) is 6.07. The van der Waals surface area contributed by atoms with Crippen molar-refractivity contribution in [3.8, 4) is 11.4 Å². The summed E-state index contributed by atoms with van der Waals surface area (Å²) < 4.78 is 9.44. The Bertz CT molecular complexity index is 1400. The molecule has 0 radical (unpaired) electrons. The first-order valence-electron chi connectivity index (χ1n) is 11.4. The van der Waals surface area contributed by atoms with Gasteiger partial charge in [0.05, 0.1) is 4.92 Å². The largest absolute Gasteiger partial charge is 0.343 e. The summed E-state index contributed by atoms with van der Waals surface area (Å²) in [6.45, 7) is 5.52. The van der Waals surface area contributed by atoms with E-state index < -0.39 is 0 Å². The van der Waals surface area contributed by atoms with Crippen molar-refractivity contribution in [2.75, 3.05) is 24.5 Å². The van der Waals surface area contributed by atoms with Crippen LogP contribution in [-0.4, -0.2) is 60.9 Å². The van der Waals surface area contributed by atoms with Crippen LogP contribution in [0.15, 0.2) is 53.1 Å². The Kier molecular flexibility index (Phi) is 6.42. The molecule has 5 rings (SSSR count). The number of amides is 1. The van der Waals surface area contributed by atoms with Crippen molar-refractivity contribution in [3.05, 3.63) is 81.5 Å². The van der Waals surface area contributed by atoms with E-state index >= 15 is 0 Å². The SMILES string of the molecule is Cc1nc(-c2ccc(C(=O)N3CCN(c4nc(Cc5ccccc5[N+](=O)[O-])ns4)CC3C)cc2)no1. The van der Waals surface area contributed by atoms with E-state index in [2.05, 4.69) is 24.4 Å². The summed E-state index contributed by atoms with van der Waals surface area (Å²) in [6, 6.07) is 13.8. The van der Waals surface area contributed by atoms with Gasteiger partial charge in [-0.15, -0.1) is 0 Å². The lowest BCUT2D eigenvalue weighted by atomic mass is 10.1. The Hall–Kier alpha value is -4.19. The Morgan fingerprint density at radius 3 is 2.64 bits per heavy atom. The number of hydrogen-bond donors (Lipinski definition) is 0. The lowest BCUT2D eigenvalue weighted by Crippen LogP contribution is -2.54. The number of benzene rings is 2. The fourth-order valence-corrected chi connectivity index (χ4v) is 4.95. The summed E-state index contributed by atoms with van der Waals surface area (Å²) in [4.78, 5) is 36.9. The van der Waals surface area contributed by atoms with Crippen LogP contribution < -0.4 is 4.90 Å². The van der Waals surface area contributed by atoms with Crippen LogP contribution in [0, 0.1) is 17.0 Å². The van der Waals surface area contributed by atoms with Gasteiger partial charge in [0, 0.05) is 73.3 Å². The number of para-hydroxylation sites is 1. The van der Waals surface area contributed by atoms with Crippen molar-refractivity contribution in [1.82, 2.24) is 24.4 Å². The molecule has 1 aliphatic heterocycles. The summed E-state index contributed by atoms with van der Waals surface area (Å²) in [5, 5.41) is 16.0. The van der Waals surface area contributed by atoms with Crippen LogP contribution in [0.25, 0.3) is 11.4 Å². The maximum Gasteiger partial charge on any atom is 0.273 e. The molecule has 1 saturated heterocycles. The van der Waals surface area contributed by atoms with Crippen LogP contribution in [-0.2, 0) is 6.42 Å². The molecule has 0 spiro atoms. The standard InChI is InChI=1S/C24H23N7O4S/c1-15-14-29(24-26-21(28-36-24)13-19-5-3-4-6-20(19)31(33)34)11-12-30(15)23(32)18-9-7-17(8-10-18)22-25-16(2)35-27-22/h3-10,15H,11-14H2,1-2H3. The third kappa shape index (κ3) is 4.80. The van der Waals surface area contributed by atoms with Gasteiger partial charge in [-0.1, -0.05) is 35.5 Å². The molecule has 12 heteroatoms. The monoisotopic (exact) mass is 505 g/mol. The number of carbonyl (C=O) groups excluding carboxylic acids is 1. The highest BCUT2D eigenvalue weighted by Crippen LogP contribution is 2.26. The average molecular weight is 506 g/mol. The zero-order valence-corrected chi connectivity index (χ0v) is 20.5. The molecular formula is C24H23N7O4S. The predicted molar refractivity (Wildman–Crippen MR) is 133 cm³/mol. The van der Waals surface area contributed by atoms with E-state index in [0.29, 0.717) is 54.7 Å². The molecular weight excluding hydrogens is 482 g/mol. The number of aryl methyl sites for hydroxylation is 1. The van der Waals surface area contributed by atoms with Crippen molar-refractivity contribution < 1.29 is 14.2 Å². The minimum atomic E-state index is -0.389. The topological polar surface area (TPSA) is 131 Å². The average Bonchev–Trinajstić information content (AvgIpc) is 3.53. The van der Waals surface area contributed by atoms with Crippen LogP contribution in [0.3, 0.4) is 0 Å². The second kappa shape index (κ2) is 9.82. The van der Waals surface area contributed by atoms with Gasteiger partial charge in [-0.25, -0.2) is 4.98 Å². The van der Waals surface area contributed by atoms with Crippen molar-refractivity contribution in [3.63, 3.8) is 0 Å². The Labute approximate surface area is 210 Å². The maximum atomic E-state index is 13.2. The number of aromatic nitrogens is 4. The number of nitro groups is 1. The summed E-state index contributed by atoms with van der Waals surface area (Å²) in [7, 11) is 0. The number of anilines is 1. The highest BCUT2D eigenvalue weighted by Gasteiger charge is 2.30.